The molecule has 0 spiro atoms. The fourth-order valence-corrected chi connectivity index (χ4v) is 1.34. The number of hydrogen-bond acceptors (Lipinski definition) is 4. The molecule has 1 N–H and O–H groups in total. The van der Waals surface area contributed by atoms with Gasteiger partial charge in [0.1, 0.15) is 5.78 Å². The van der Waals surface area contributed by atoms with Crippen LogP contribution in [-0.4, -0.2) is 31.0 Å². The fourth-order valence-electron chi connectivity index (χ4n) is 1.34. The number of carbonyl (C=O) groups is 1. The first-order valence-electron chi connectivity index (χ1n) is 5.35. The Morgan fingerprint density at radius 1 is 1.50 bits per heavy atom. The Labute approximate surface area is 96.0 Å². The third kappa shape index (κ3) is 5.00. The molecule has 1 heterocycles. The predicted octanol–water partition coefficient (Wildman–Crippen LogP) is 0.949. The van der Waals surface area contributed by atoms with Gasteiger partial charge in [0.05, 0.1) is 12.3 Å². The van der Waals surface area contributed by atoms with E-state index in [1.807, 2.05) is 12.1 Å². The Balaban J connectivity index is 2.36. The molecule has 0 fully saturated rings. The van der Waals surface area contributed by atoms with E-state index in [4.69, 9.17) is 4.74 Å². The lowest BCUT2D eigenvalue weighted by Gasteiger charge is -2.04. The van der Waals surface area contributed by atoms with E-state index in [2.05, 4.69) is 10.3 Å². The molecule has 0 aliphatic heterocycles. The summed E-state index contributed by atoms with van der Waals surface area (Å²) in [6, 6.07) is 3.89. The number of ketones is 1. The van der Waals surface area contributed by atoms with Crippen LogP contribution in [0.15, 0.2) is 18.3 Å². The maximum atomic E-state index is 10.9. The monoisotopic (exact) mass is 222 g/mol. The van der Waals surface area contributed by atoms with E-state index >= 15 is 0 Å². The van der Waals surface area contributed by atoms with Crippen molar-refractivity contribution in [2.45, 2.75) is 19.9 Å². The summed E-state index contributed by atoms with van der Waals surface area (Å²) in [6.45, 7) is 3.82. The van der Waals surface area contributed by atoms with E-state index in [-0.39, 0.29) is 5.78 Å². The second-order valence-electron chi connectivity index (χ2n) is 3.71. The molecule has 0 aliphatic rings. The van der Waals surface area contributed by atoms with E-state index in [0.29, 0.717) is 13.0 Å². The van der Waals surface area contributed by atoms with Gasteiger partial charge in [-0.05, 0) is 18.6 Å². The molecule has 0 atom stereocenters. The zero-order chi connectivity index (χ0) is 11.8. The van der Waals surface area contributed by atoms with Gasteiger partial charge in [-0.2, -0.15) is 0 Å². The Morgan fingerprint density at radius 3 is 2.88 bits per heavy atom. The van der Waals surface area contributed by atoms with Crippen molar-refractivity contribution in [3.8, 4) is 0 Å². The van der Waals surface area contributed by atoms with Gasteiger partial charge in [-0.3, -0.25) is 9.78 Å². The second-order valence-corrected chi connectivity index (χ2v) is 3.71. The second kappa shape index (κ2) is 7.09. The number of aromatic nitrogens is 1. The van der Waals surface area contributed by atoms with E-state index in [1.165, 1.54) is 0 Å². The molecule has 0 amide bonds. The highest BCUT2D eigenvalue weighted by atomic mass is 16.5. The van der Waals surface area contributed by atoms with Gasteiger partial charge in [-0.15, -0.1) is 0 Å². The van der Waals surface area contributed by atoms with Crippen molar-refractivity contribution in [3.63, 3.8) is 0 Å². The van der Waals surface area contributed by atoms with Crippen molar-refractivity contribution in [2.75, 3.05) is 20.3 Å². The normalized spacial score (nSPS) is 10.4. The molecule has 16 heavy (non-hydrogen) atoms. The molecule has 4 heteroatoms. The summed E-state index contributed by atoms with van der Waals surface area (Å²) < 4.78 is 4.92. The van der Waals surface area contributed by atoms with E-state index in [0.717, 1.165) is 24.3 Å². The standard InChI is InChI=1S/C12H18N2O2/c1-10(15)7-11-3-4-12(14-8-11)9-13-5-6-16-2/h3-4,8,13H,5-7,9H2,1-2H3. The van der Waals surface area contributed by atoms with Crippen LogP contribution in [0.1, 0.15) is 18.2 Å². The third-order valence-corrected chi connectivity index (χ3v) is 2.13. The van der Waals surface area contributed by atoms with Crippen molar-refractivity contribution in [2.24, 2.45) is 0 Å². The van der Waals surface area contributed by atoms with Crippen LogP contribution < -0.4 is 5.32 Å². The SMILES string of the molecule is COCCNCc1ccc(CC(C)=O)cn1. The number of nitrogens with one attached hydrogen (secondary N) is 1. The molecule has 1 aromatic rings. The molecule has 0 aromatic carbocycles. The first-order chi connectivity index (χ1) is 7.72. The predicted molar refractivity (Wildman–Crippen MR) is 62.2 cm³/mol. The van der Waals surface area contributed by atoms with E-state index < -0.39 is 0 Å². The minimum Gasteiger partial charge on any atom is -0.383 e. The number of carbonyl (C=O) groups excluding carboxylic acids is 1. The van der Waals surface area contributed by atoms with E-state index in [9.17, 15) is 4.79 Å². The lowest BCUT2D eigenvalue weighted by Crippen LogP contribution is -2.19. The third-order valence-electron chi connectivity index (χ3n) is 2.13. The minimum absolute atomic E-state index is 0.160. The van der Waals surface area contributed by atoms with Gasteiger partial charge in [0, 0.05) is 32.8 Å². The summed E-state index contributed by atoms with van der Waals surface area (Å²) in [5.74, 6) is 0.160. The highest BCUT2D eigenvalue weighted by Crippen LogP contribution is 2.01. The van der Waals surface area contributed by atoms with Gasteiger partial charge in [-0.25, -0.2) is 0 Å². The number of hydrogen-bond donors (Lipinski definition) is 1. The zero-order valence-corrected chi connectivity index (χ0v) is 9.82. The van der Waals surface area contributed by atoms with Gasteiger partial charge < -0.3 is 10.1 Å². The summed E-state index contributed by atoms with van der Waals surface area (Å²) in [5.41, 5.74) is 1.94. The fraction of sp³-hybridized carbons (Fsp3) is 0.500. The molecule has 1 rings (SSSR count). The van der Waals surface area contributed by atoms with Gasteiger partial charge in [0.15, 0.2) is 0 Å². The van der Waals surface area contributed by atoms with Gasteiger partial charge in [0.25, 0.3) is 0 Å². The molecule has 88 valence electrons. The number of rotatable bonds is 7. The number of methoxy groups -OCH3 is 1. The molecule has 4 nitrogen and oxygen atoms in total. The summed E-state index contributed by atoms with van der Waals surface area (Å²) in [5, 5.41) is 3.21. The first-order valence-corrected chi connectivity index (χ1v) is 5.35. The van der Waals surface area contributed by atoms with Crippen molar-refractivity contribution in [3.05, 3.63) is 29.6 Å². The van der Waals surface area contributed by atoms with Crippen LogP contribution >= 0.6 is 0 Å². The summed E-state index contributed by atoms with van der Waals surface area (Å²) >= 11 is 0. The Morgan fingerprint density at radius 2 is 2.31 bits per heavy atom. The molecule has 1 aromatic heterocycles. The molecular weight excluding hydrogens is 204 g/mol. The summed E-state index contributed by atoms with van der Waals surface area (Å²) in [4.78, 5) is 15.2. The van der Waals surface area contributed by atoms with Crippen LogP contribution in [0.5, 0.6) is 0 Å². The highest BCUT2D eigenvalue weighted by Gasteiger charge is 1.99. The number of nitrogens with zero attached hydrogens (tertiary/aromatic N) is 1. The first kappa shape index (κ1) is 12.8. The van der Waals surface area contributed by atoms with Crippen LogP contribution in [0.4, 0.5) is 0 Å². The maximum Gasteiger partial charge on any atom is 0.134 e. The lowest BCUT2D eigenvalue weighted by molar-refractivity contribution is -0.116. The Hall–Kier alpha value is -1.26. The number of Topliss-reactive ketones (excluding diaryl/α,β-unsaturated/α-hetero) is 1. The summed E-state index contributed by atoms with van der Waals surface area (Å²) in [7, 11) is 1.68. The maximum absolute atomic E-state index is 10.9. The largest absolute Gasteiger partial charge is 0.383 e. The topological polar surface area (TPSA) is 51.2 Å². The number of ether oxygens (including phenoxy) is 1. The molecule has 0 unspecified atom stereocenters. The smallest absolute Gasteiger partial charge is 0.134 e. The van der Waals surface area contributed by atoms with Crippen molar-refractivity contribution >= 4 is 5.78 Å². The lowest BCUT2D eigenvalue weighted by atomic mass is 10.1. The molecule has 0 aliphatic carbocycles. The van der Waals surface area contributed by atoms with E-state index in [1.54, 1.807) is 20.2 Å². The van der Waals surface area contributed by atoms with Gasteiger partial charge >= 0.3 is 0 Å². The molecular formula is C12H18N2O2. The Bertz CT molecular complexity index is 322. The van der Waals surface area contributed by atoms with Crippen molar-refractivity contribution in [1.29, 1.82) is 0 Å². The van der Waals surface area contributed by atoms with Gasteiger partial charge in [0.2, 0.25) is 0 Å². The molecule has 0 saturated heterocycles. The highest BCUT2D eigenvalue weighted by molar-refractivity contribution is 5.78. The van der Waals surface area contributed by atoms with Crippen LogP contribution in [0.3, 0.4) is 0 Å². The van der Waals surface area contributed by atoms with Gasteiger partial charge in [-0.1, -0.05) is 6.07 Å². The van der Waals surface area contributed by atoms with Crippen LogP contribution in [0, 0.1) is 0 Å². The summed E-state index contributed by atoms with van der Waals surface area (Å²) in [6.07, 6.45) is 2.22. The number of pyridine rings is 1. The quantitative estimate of drug-likeness (QED) is 0.698. The van der Waals surface area contributed by atoms with Crippen molar-refractivity contribution < 1.29 is 9.53 Å². The van der Waals surface area contributed by atoms with Crippen LogP contribution in [0.2, 0.25) is 0 Å². The van der Waals surface area contributed by atoms with Crippen LogP contribution in [0.25, 0.3) is 0 Å². The van der Waals surface area contributed by atoms with Crippen molar-refractivity contribution in [1.82, 2.24) is 10.3 Å². The Kier molecular flexibility index (Phi) is 5.67. The minimum atomic E-state index is 0.160. The molecule has 0 radical (unpaired) electrons. The average Bonchev–Trinajstić information content (AvgIpc) is 2.26. The zero-order valence-electron chi connectivity index (χ0n) is 9.82. The average molecular weight is 222 g/mol. The van der Waals surface area contributed by atoms with Crippen LogP contribution in [-0.2, 0) is 22.5 Å². The molecule has 0 saturated carbocycles. The molecule has 0 bridgehead atoms.